The third-order valence-corrected chi connectivity index (χ3v) is 4.09. The Morgan fingerprint density at radius 3 is 2.52 bits per heavy atom. The van der Waals surface area contributed by atoms with Gasteiger partial charge < -0.3 is 15.3 Å². The van der Waals surface area contributed by atoms with Gasteiger partial charge in [0.25, 0.3) is 6.43 Å². The molecule has 0 heterocycles. The Morgan fingerprint density at radius 1 is 1.48 bits per heavy atom. The van der Waals surface area contributed by atoms with Gasteiger partial charge >= 0.3 is 0 Å². The summed E-state index contributed by atoms with van der Waals surface area (Å²) in [5, 5.41) is 29.5. The van der Waals surface area contributed by atoms with Crippen LogP contribution < -0.4 is 0 Å². The molecule has 0 radical (unpaired) electrons. The summed E-state index contributed by atoms with van der Waals surface area (Å²) < 4.78 is 26.2. The van der Waals surface area contributed by atoms with Crippen molar-refractivity contribution >= 4 is 0 Å². The van der Waals surface area contributed by atoms with Crippen LogP contribution in [0.2, 0.25) is 0 Å². The second kappa shape index (κ2) is 6.27. The molecule has 1 aliphatic rings. The maximum absolute atomic E-state index is 13.1. The average Bonchev–Trinajstić information content (AvgIpc) is 2.33. The quantitative estimate of drug-likeness (QED) is 0.540. The molecule has 0 aromatic rings. The normalized spacial score (nSPS) is 29.4. The van der Waals surface area contributed by atoms with Gasteiger partial charge in [0.05, 0.1) is 12.7 Å². The van der Waals surface area contributed by atoms with Gasteiger partial charge in [0.1, 0.15) is 0 Å². The van der Waals surface area contributed by atoms with E-state index in [0.717, 1.165) is 0 Å². The molecule has 1 aliphatic carbocycles. The molecule has 0 saturated heterocycles. The van der Waals surface area contributed by atoms with Crippen molar-refractivity contribution in [2.24, 2.45) is 5.41 Å². The van der Waals surface area contributed by atoms with Gasteiger partial charge in [-0.2, -0.15) is 0 Å². The van der Waals surface area contributed by atoms with E-state index in [1.54, 1.807) is 20.8 Å². The van der Waals surface area contributed by atoms with Crippen LogP contribution in [0, 0.1) is 17.3 Å². The molecule has 0 spiro atoms. The van der Waals surface area contributed by atoms with Gasteiger partial charge in [0, 0.05) is 11.0 Å². The number of aliphatic hydroxyl groups excluding tert-OH is 2. The molecule has 3 N–H and O–H groups in total. The third kappa shape index (κ3) is 3.34. The highest BCUT2D eigenvalue weighted by Gasteiger charge is 2.51. The van der Waals surface area contributed by atoms with Gasteiger partial charge in [0.15, 0.2) is 5.60 Å². The van der Waals surface area contributed by atoms with E-state index in [0.29, 0.717) is 5.57 Å². The molecule has 0 bridgehead atoms. The van der Waals surface area contributed by atoms with Crippen molar-refractivity contribution in [1.29, 1.82) is 0 Å². The third-order valence-electron chi connectivity index (χ3n) is 4.09. The predicted octanol–water partition coefficient (Wildman–Crippen LogP) is 2.03. The Hall–Kier alpha value is -1.22. The molecule has 2 unspecified atom stereocenters. The van der Waals surface area contributed by atoms with Crippen molar-refractivity contribution < 1.29 is 24.1 Å². The molecular formula is C16H22F2O3. The van der Waals surface area contributed by atoms with E-state index in [1.807, 2.05) is 0 Å². The summed E-state index contributed by atoms with van der Waals surface area (Å²) >= 11 is 0. The minimum Gasteiger partial charge on any atom is -0.392 e. The number of hydrogen-bond acceptors (Lipinski definition) is 3. The number of rotatable bonds is 2. The fourth-order valence-electron chi connectivity index (χ4n) is 2.66. The monoisotopic (exact) mass is 300 g/mol. The highest BCUT2D eigenvalue weighted by atomic mass is 19.3. The topological polar surface area (TPSA) is 60.7 Å². The highest BCUT2D eigenvalue weighted by Crippen LogP contribution is 2.47. The van der Waals surface area contributed by atoms with Crippen LogP contribution in [0.4, 0.5) is 8.78 Å². The minimum absolute atomic E-state index is 0.00203. The fraction of sp³-hybridized carbons (Fsp3) is 0.625. The van der Waals surface area contributed by atoms with Gasteiger partial charge in [-0.1, -0.05) is 25.7 Å². The van der Waals surface area contributed by atoms with Crippen LogP contribution in [0.1, 0.15) is 34.1 Å². The van der Waals surface area contributed by atoms with E-state index >= 15 is 0 Å². The Kier molecular flexibility index (Phi) is 5.32. The molecule has 3 nitrogen and oxygen atoms in total. The van der Waals surface area contributed by atoms with Gasteiger partial charge in [-0.05, 0) is 37.5 Å². The number of hydrogen-bond donors (Lipinski definition) is 3. The second-order valence-electron chi connectivity index (χ2n) is 6.01. The molecule has 0 fully saturated rings. The second-order valence-corrected chi connectivity index (χ2v) is 6.01. The molecule has 0 aliphatic heterocycles. The Bertz CT molecular complexity index is 523. The van der Waals surface area contributed by atoms with E-state index in [2.05, 4.69) is 11.8 Å². The van der Waals surface area contributed by atoms with Crippen LogP contribution in [-0.4, -0.2) is 40.1 Å². The number of aliphatic hydroxyl groups is 3. The highest BCUT2D eigenvalue weighted by molar-refractivity contribution is 5.44. The zero-order valence-electron chi connectivity index (χ0n) is 12.7. The number of allylic oxidation sites excluding steroid dienone is 1. The summed E-state index contributed by atoms with van der Waals surface area (Å²) in [7, 11) is 0. The first-order chi connectivity index (χ1) is 9.56. The summed E-state index contributed by atoms with van der Waals surface area (Å²) in [4.78, 5) is 0. The minimum atomic E-state index is -2.83. The van der Waals surface area contributed by atoms with Crippen molar-refractivity contribution in [1.82, 2.24) is 0 Å². The first-order valence-corrected chi connectivity index (χ1v) is 6.77. The lowest BCUT2D eigenvalue weighted by atomic mass is 9.62. The molecule has 0 aromatic heterocycles. The number of alkyl halides is 2. The maximum atomic E-state index is 13.1. The number of halogens is 2. The van der Waals surface area contributed by atoms with Crippen molar-refractivity contribution in [3.63, 3.8) is 0 Å². The van der Waals surface area contributed by atoms with Crippen molar-refractivity contribution in [2.45, 2.75) is 52.2 Å². The first kappa shape index (κ1) is 17.8. The fourth-order valence-corrected chi connectivity index (χ4v) is 2.66. The standard InChI is InChI=1S/C16H22F2O3/c1-10(6-8-19)5-7-16(21)11(2)13(14(17)18)12(20)9-15(16,3)4/h6,12,14,19-21H,8-9H2,1-4H3. The molecule has 5 heteroatoms. The SMILES string of the molecule is CC(C#CC1(O)C(C)=C(C(F)F)C(O)CC1(C)C)=CCO. The molecule has 21 heavy (non-hydrogen) atoms. The van der Waals surface area contributed by atoms with Gasteiger partial charge in [-0.3, -0.25) is 0 Å². The van der Waals surface area contributed by atoms with Crippen molar-refractivity contribution in [2.75, 3.05) is 6.61 Å². The Morgan fingerprint density at radius 2 is 2.05 bits per heavy atom. The van der Waals surface area contributed by atoms with Crippen LogP contribution in [0.25, 0.3) is 0 Å². The Balaban J connectivity index is 3.43. The van der Waals surface area contributed by atoms with Crippen LogP contribution in [-0.2, 0) is 0 Å². The zero-order valence-corrected chi connectivity index (χ0v) is 12.7. The predicted molar refractivity (Wildman–Crippen MR) is 76.7 cm³/mol. The van der Waals surface area contributed by atoms with Gasteiger partial charge in [-0.25, -0.2) is 8.78 Å². The van der Waals surface area contributed by atoms with Crippen molar-refractivity contribution in [3.8, 4) is 11.8 Å². The van der Waals surface area contributed by atoms with Crippen LogP contribution in [0.15, 0.2) is 22.8 Å². The molecule has 0 saturated carbocycles. The van der Waals surface area contributed by atoms with E-state index in [1.165, 1.54) is 13.0 Å². The van der Waals surface area contributed by atoms with Crippen molar-refractivity contribution in [3.05, 3.63) is 22.8 Å². The van der Waals surface area contributed by atoms with Gasteiger partial charge in [-0.15, -0.1) is 0 Å². The summed E-state index contributed by atoms with van der Waals surface area (Å²) in [6.07, 6.45) is -2.65. The Labute approximate surface area is 124 Å². The lowest BCUT2D eigenvalue weighted by Crippen LogP contribution is -2.51. The molecule has 0 aromatic carbocycles. The van der Waals surface area contributed by atoms with E-state index in [9.17, 15) is 19.0 Å². The van der Waals surface area contributed by atoms with E-state index in [-0.39, 0.29) is 18.6 Å². The lowest BCUT2D eigenvalue weighted by molar-refractivity contribution is -0.0363. The van der Waals surface area contributed by atoms with Crippen LogP contribution in [0.3, 0.4) is 0 Å². The summed E-state index contributed by atoms with van der Waals surface area (Å²) in [5.74, 6) is 5.35. The van der Waals surface area contributed by atoms with E-state index < -0.39 is 29.1 Å². The lowest BCUT2D eigenvalue weighted by Gasteiger charge is -2.46. The van der Waals surface area contributed by atoms with E-state index in [4.69, 9.17) is 5.11 Å². The summed E-state index contributed by atoms with van der Waals surface area (Å²) in [6.45, 7) is 6.22. The first-order valence-electron chi connectivity index (χ1n) is 6.77. The summed E-state index contributed by atoms with van der Waals surface area (Å²) in [5.41, 5.74) is -2.52. The smallest absolute Gasteiger partial charge is 0.262 e. The largest absolute Gasteiger partial charge is 0.392 e. The maximum Gasteiger partial charge on any atom is 0.262 e. The zero-order chi connectivity index (χ0) is 16.4. The average molecular weight is 300 g/mol. The molecule has 1 rings (SSSR count). The molecule has 2 atom stereocenters. The van der Waals surface area contributed by atoms with Gasteiger partial charge in [0.2, 0.25) is 0 Å². The van der Waals surface area contributed by atoms with Crippen LogP contribution in [0.5, 0.6) is 0 Å². The van der Waals surface area contributed by atoms with Crippen LogP contribution >= 0.6 is 0 Å². The molecule has 0 amide bonds. The molecule has 118 valence electrons. The summed E-state index contributed by atoms with van der Waals surface area (Å²) in [6, 6.07) is 0. The molecular weight excluding hydrogens is 278 g/mol.